The summed E-state index contributed by atoms with van der Waals surface area (Å²) in [5.74, 6) is 1.01. The van der Waals surface area contributed by atoms with Gasteiger partial charge in [0.25, 0.3) is 0 Å². The second-order valence-electron chi connectivity index (χ2n) is 16.6. The van der Waals surface area contributed by atoms with E-state index in [1.54, 1.807) is 17.9 Å². The number of ether oxygens (including phenoxy) is 3. The van der Waals surface area contributed by atoms with Crippen LogP contribution >= 0.6 is 0 Å². The molecule has 1 aliphatic carbocycles. The van der Waals surface area contributed by atoms with Crippen LogP contribution in [0.15, 0.2) is 53.6 Å². The molecule has 15 nitrogen and oxygen atoms in total. The first-order valence-corrected chi connectivity index (χ1v) is 21.0. The van der Waals surface area contributed by atoms with Crippen molar-refractivity contribution < 1.29 is 23.8 Å². The van der Waals surface area contributed by atoms with E-state index in [-0.39, 0.29) is 48.5 Å². The summed E-state index contributed by atoms with van der Waals surface area (Å²) in [6.07, 6.45) is 11.2. The van der Waals surface area contributed by atoms with Crippen LogP contribution in [0.1, 0.15) is 84.1 Å². The van der Waals surface area contributed by atoms with E-state index < -0.39 is 11.9 Å². The average Bonchev–Trinajstić information content (AvgIpc) is 3.76. The minimum absolute atomic E-state index is 0.0876. The SMILES string of the molecule is CC(C)Oc1ccc2[nH]nc(-c3cc(N4CCC(OC5CCC(OC6CCN(c7ccc8c(c7)n(C)c(=O)n8C7CCC(=O)NC7=O)CC6)CC5)CC4)ncn3)c2c1. The van der Waals surface area contributed by atoms with Crippen molar-refractivity contribution in [3.05, 3.63) is 59.3 Å². The van der Waals surface area contributed by atoms with Crippen molar-refractivity contribution in [2.45, 2.75) is 115 Å². The molecule has 3 aliphatic heterocycles. The molecule has 2 N–H and O–H groups in total. The fourth-order valence-electron chi connectivity index (χ4n) is 9.28. The highest BCUT2D eigenvalue weighted by Crippen LogP contribution is 2.34. The average molecular weight is 792 g/mol. The van der Waals surface area contributed by atoms with E-state index >= 15 is 0 Å². The highest BCUT2D eigenvalue weighted by Gasteiger charge is 2.33. The quantitative estimate of drug-likeness (QED) is 0.174. The molecule has 1 atom stereocenters. The van der Waals surface area contributed by atoms with Gasteiger partial charge in [0, 0.05) is 56.8 Å². The zero-order valence-corrected chi connectivity index (χ0v) is 33.6. The third-order valence-corrected chi connectivity index (χ3v) is 12.4. The van der Waals surface area contributed by atoms with Crippen LogP contribution in [0.5, 0.6) is 5.75 Å². The Morgan fingerprint density at radius 2 is 1.41 bits per heavy atom. The maximum absolute atomic E-state index is 13.2. The lowest BCUT2D eigenvalue weighted by Crippen LogP contribution is -2.44. The van der Waals surface area contributed by atoms with Crippen LogP contribution in [-0.2, 0) is 26.1 Å². The lowest BCUT2D eigenvalue weighted by Gasteiger charge is -2.38. The largest absolute Gasteiger partial charge is 0.491 e. The number of carbonyl (C=O) groups excluding carboxylic acids is 2. The van der Waals surface area contributed by atoms with Crippen LogP contribution in [0.2, 0.25) is 0 Å². The van der Waals surface area contributed by atoms with Gasteiger partial charge in [-0.25, -0.2) is 14.8 Å². The van der Waals surface area contributed by atoms with Crippen molar-refractivity contribution in [1.82, 2.24) is 34.6 Å². The van der Waals surface area contributed by atoms with Crippen molar-refractivity contribution in [1.29, 1.82) is 0 Å². The molecule has 306 valence electrons. The van der Waals surface area contributed by atoms with E-state index in [0.717, 1.165) is 123 Å². The Hall–Kier alpha value is -5.28. The second kappa shape index (κ2) is 16.2. The summed E-state index contributed by atoms with van der Waals surface area (Å²) >= 11 is 0. The maximum Gasteiger partial charge on any atom is 0.329 e. The Bertz CT molecular complexity index is 2350. The van der Waals surface area contributed by atoms with Gasteiger partial charge in [-0.3, -0.25) is 29.1 Å². The van der Waals surface area contributed by atoms with Gasteiger partial charge in [0.15, 0.2) is 0 Å². The number of amides is 2. The third-order valence-electron chi connectivity index (χ3n) is 12.4. The zero-order chi connectivity index (χ0) is 39.9. The van der Waals surface area contributed by atoms with Crippen LogP contribution in [0, 0.1) is 0 Å². The number of benzene rings is 2. The molecule has 3 saturated heterocycles. The van der Waals surface area contributed by atoms with Crippen molar-refractivity contribution in [2.75, 3.05) is 36.0 Å². The van der Waals surface area contributed by atoms with Crippen LogP contribution in [-0.4, -0.2) is 97.8 Å². The number of rotatable bonds is 10. The molecule has 6 heterocycles. The molecule has 0 radical (unpaired) electrons. The van der Waals surface area contributed by atoms with Gasteiger partial charge in [-0.1, -0.05) is 0 Å². The normalized spacial score (nSPS) is 22.7. The van der Waals surface area contributed by atoms with Crippen LogP contribution < -0.4 is 25.5 Å². The number of piperidine rings is 3. The van der Waals surface area contributed by atoms with Crippen molar-refractivity contribution in [3.8, 4) is 17.1 Å². The zero-order valence-electron chi connectivity index (χ0n) is 33.6. The molecule has 9 rings (SSSR count). The minimum Gasteiger partial charge on any atom is -0.491 e. The number of H-pyrrole nitrogens is 1. The highest BCUT2D eigenvalue weighted by molar-refractivity contribution is 6.00. The number of anilines is 2. The molecular formula is C43H53N9O6. The Morgan fingerprint density at radius 1 is 0.741 bits per heavy atom. The number of carbonyl (C=O) groups is 2. The molecule has 4 fully saturated rings. The number of aromatic amines is 1. The van der Waals surface area contributed by atoms with E-state index in [1.165, 1.54) is 4.57 Å². The molecule has 4 aliphatic rings. The smallest absolute Gasteiger partial charge is 0.329 e. The lowest BCUT2D eigenvalue weighted by atomic mass is 9.93. The molecule has 2 aromatic carbocycles. The fourth-order valence-corrected chi connectivity index (χ4v) is 9.28. The number of aromatic nitrogens is 6. The summed E-state index contributed by atoms with van der Waals surface area (Å²) in [6, 6.07) is 13.3. The van der Waals surface area contributed by atoms with Crippen molar-refractivity contribution in [2.24, 2.45) is 7.05 Å². The number of hydrogen-bond donors (Lipinski definition) is 2. The van der Waals surface area contributed by atoms with Crippen LogP contribution in [0.3, 0.4) is 0 Å². The molecule has 1 unspecified atom stereocenters. The van der Waals surface area contributed by atoms with Gasteiger partial charge in [0.1, 0.15) is 29.6 Å². The van der Waals surface area contributed by atoms with E-state index in [2.05, 4.69) is 35.3 Å². The topological polar surface area (TPSA) is 162 Å². The molecular weight excluding hydrogens is 739 g/mol. The summed E-state index contributed by atoms with van der Waals surface area (Å²) in [4.78, 5) is 51.4. The predicted octanol–water partition coefficient (Wildman–Crippen LogP) is 5.42. The first kappa shape index (κ1) is 38.2. The summed E-state index contributed by atoms with van der Waals surface area (Å²) < 4.78 is 22.4. The van der Waals surface area contributed by atoms with Crippen molar-refractivity contribution >= 4 is 45.3 Å². The number of fused-ring (bicyclic) bond motifs is 2. The van der Waals surface area contributed by atoms with Gasteiger partial charge in [-0.05, 0) is 108 Å². The van der Waals surface area contributed by atoms with Gasteiger partial charge in [0.05, 0.1) is 52.8 Å². The van der Waals surface area contributed by atoms with E-state index in [4.69, 9.17) is 14.2 Å². The molecule has 0 bridgehead atoms. The summed E-state index contributed by atoms with van der Waals surface area (Å²) in [6.45, 7) is 7.55. The molecule has 58 heavy (non-hydrogen) atoms. The molecule has 15 heteroatoms. The van der Waals surface area contributed by atoms with Crippen LogP contribution in [0.25, 0.3) is 33.3 Å². The number of imide groups is 1. The minimum atomic E-state index is -0.686. The van der Waals surface area contributed by atoms with Gasteiger partial charge in [0.2, 0.25) is 11.8 Å². The Morgan fingerprint density at radius 3 is 2.09 bits per heavy atom. The summed E-state index contributed by atoms with van der Waals surface area (Å²) in [7, 11) is 1.74. The van der Waals surface area contributed by atoms with Gasteiger partial charge >= 0.3 is 5.69 Å². The van der Waals surface area contributed by atoms with Crippen molar-refractivity contribution in [3.63, 3.8) is 0 Å². The Kier molecular flexibility index (Phi) is 10.7. The first-order chi connectivity index (χ1) is 28.2. The predicted molar refractivity (Wildman–Crippen MR) is 220 cm³/mol. The summed E-state index contributed by atoms with van der Waals surface area (Å²) in [5, 5.41) is 11.1. The van der Waals surface area contributed by atoms with E-state index in [0.29, 0.717) is 11.9 Å². The molecule has 0 spiro atoms. The lowest BCUT2D eigenvalue weighted by molar-refractivity contribution is -0.135. The number of nitrogens with zero attached hydrogens (tertiary/aromatic N) is 7. The molecule has 3 aromatic heterocycles. The molecule has 5 aromatic rings. The highest BCUT2D eigenvalue weighted by atomic mass is 16.5. The number of imidazole rings is 1. The first-order valence-electron chi connectivity index (χ1n) is 21.0. The Labute approximate surface area is 337 Å². The number of aryl methyl sites for hydroxylation is 1. The monoisotopic (exact) mass is 791 g/mol. The standard InChI is InChI=1S/C43H53N9O6/c1-26(2)56-32-9-10-34-33(23-32)41(48-47-34)35-24-39(45-25-44-35)51-20-16-31(17-21-51)58-29-7-5-28(6-8-29)57-30-14-18-50(19-15-30)27-4-11-36-38(22-27)49(3)43(55)52(36)37-12-13-40(53)46-42(37)54/h4,9-11,22-26,28-31,37H,5-8,12-21H2,1-3H3,(H,47,48)(H,46,53,54). The third kappa shape index (κ3) is 7.81. The van der Waals surface area contributed by atoms with Gasteiger partial charge in [-0.2, -0.15) is 5.10 Å². The van der Waals surface area contributed by atoms with Gasteiger partial charge < -0.3 is 24.0 Å². The second-order valence-corrected chi connectivity index (χ2v) is 16.6. The Balaban J connectivity index is 0.725. The van der Waals surface area contributed by atoms with Gasteiger partial charge in [-0.15, -0.1) is 0 Å². The fraction of sp³-hybridized carbons (Fsp3) is 0.535. The number of nitrogens with one attached hydrogen (secondary N) is 2. The summed E-state index contributed by atoms with van der Waals surface area (Å²) in [5.41, 5.74) is 4.81. The van der Waals surface area contributed by atoms with E-state index in [9.17, 15) is 14.4 Å². The molecule has 1 saturated carbocycles. The molecule has 2 amide bonds. The van der Waals surface area contributed by atoms with Crippen LogP contribution in [0.4, 0.5) is 11.5 Å². The maximum atomic E-state index is 13.2. The van der Waals surface area contributed by atoms with E-state index in [1.807, 2.05) is 56.3 Å². The number of hydrogen-bond acceptors (Lipinski definition) is 11.